The number of benzene rings is 1. The van der Waals surface area contributed by atoms with Gasteiger partial charge in [-0.25, -0.2) is 12.7 Å². The number of hydrogen-bond acceptors (Lipinski definition) is 5. The molecule has 1 fully saturated rings. The second-order valence-electron chi connectivity index (χ2n) is 6.90. The van der Waals surface area contributed by atoms with E-state index < -0.39 is 10.0 Å². The van der Waals surface area contributed by atoms with Crippen LogP contribution in [-0.2, 0) is 10.0 Å². The molecular weight excluding hydrogens is 336 g/mol. The number of aliphatic imine (C=N–C) groups is 1. The van der Waals surface area contributed by atoms with E-state index >= 15 is 0 Å². The smallest absolute Gasteiger partial charge is 0.266 e. The third-order valence-corrected chi connectivity index (χ3v) is 6.81. The molecule has 0 unspecified atom stereocenters. The maximum Gasteiger partial charge on any atom is 0.266 e. The van der Waals surface area contributed by atoms with Crippen molar-refractivity contribution < 1.29 is 8.42 Å². The van der Waals surface area contributed by atoms with Crippen molar-refractivity contribution in [1.29, 1.82) is 0 Å². The average Bonchev–Trinajstić information content (AvgIpc) is 3.12. The van der Waals surface area contributed by atoms with Crippen LogP contribution in [0.1, 0.15) is 32.3 Å². The van der Waals surface area contributed by atoms with Gasteiger partial charge in [-0.05, 0) is 30.2 Å². The van der Waals surface area contributed by atoms with Gasteiger partial charge in [0.05, 0.1) is 18.0 Å². The van der Waals surface area contributed by atoms with Gasteiger partial charge < -0.3 is 9.80 Å². The monoisotopic (exact) mass is 364 g/mol. The van der Waals surface area contributed by atoms with E-state index in [2.05, 4.69) is 35.6 Å². The summed E-state index contributed by atoms with van der Waals surface area (Å²) in [5.41, 5.74) is 1.14. The molecule has 7 heteroatoms. The molecule has 1 saturated heterocycles. The standard InChI is InChI=1S/C18H28N4O2S/c1-4-20-11-13-21(14-12-20)18-19-9-10-22(18)25(23,24)17-7-5-16(6-8-17)15(2)3/h5-8,15H,4,9-14H2,1-3H3. The van der Waals surface area contributed by atoms with Crippen molar-refractivity contribution in [3.05, 3.63) is 29.8 Å². The Morgan fingerprint density at radius 3 is 2.24 bits per heavy atom. The fraction of sp³-hybridized carbons (Fsp3) is 0.611. The van der Waals surface area contributed by atoms with E-state index in [-0.39, 0.29) is 0 Å². The van der Waals surface area contributed by atoms with Crippen LogP contribution >= 0.6 is 0 Å². The maximum atomic E-state index is 13.1. The Kier molecular flexibility index (Phi) is 5.34. The number of sulfonamides is 1. The van der Waals surface area contributed by atoms with E-state index in [4.69, 9.17) is 0 Å². The summed E-state index contributed by atoms with van der Waals surface area (Å²) in [6.45, 7) is 11.9. The quantitative estimate of drug-likeness (QED) is 0.818. The average molecular weight is 365 g/mol. The minimum absolute atomic E-state index is 0.346. The van der Waals surface area contributed by atoms with Gasteiger partial charge in [0.15, 0.2) is 0 Å². The zero-order chi connectivity index (χ0) is 18.0. The Labute approximate surface area is 151 Å². The lowest BCUT2D eigenvalue weighted by Crippen LogP contribution is -2.53. The Morgan fingerprint density at radius 1 is 1.04 bits per heavy atom. The molecule has 0 radical (unpaired) electrons. The van der Waals surface area contributed by atoms with Crippen molar-refractivity contribution >= 4 is 16.0 Å². The minimum atomic E-state index is -3.55. The lowest BCUT2D eigenvalue weighted by atomic mass is 10.0. The third-order valence-electron chi connectivity index (χ3n) is 5.02. The summed E-state index contributed by atoms with van der Waals surface area (Å²) in [7, 11) is -3.55. The van der Waals surface area contributed by atoms with Gasteiger partial charge in [0.25, 0.3) is 10.0 Å². The van der Waals surface area contributed by atoms with Crippen LogP contribution in [0.15, 0.2) is 34.2 Å². The Morgan fingerprint density at radius 2 is 1.68 bits per heavy atom. The maximum absolute atomic E-state index is 13.1. The molecule has 1 aromatic rings. The predicted molar refractivity (Wildman–Crippen MR) is 100 cm³/mol. The number of hydrogen-bond donors (Lipinski definition) is 0. The van der Waals surface area contributed by atoms with Crippen molar-refractivity contribution in [2.45, 2.75) is 31.6 Å². The number of nitrogens with zero attached hydrogens (tertiary/aromatic N) is 4. The number of guanidine groups is 1. The van der Waals surface area contributed by atoms with Gasteiger partial charge in [0, 0.05) is 26.2 Å². The summed E-state index contributed by atoms with van der Waals surface area (Å²) in [6.07, 6.45) is 0. The number of likely N-dealkylation sites (N-methyl/N-ethyl adjacent to an activating group) is 1. The first-order valence-corrected chi connectivity index (χ1v) is 10.5. The number of piperazine rings is 1. The normalized spacial score (nSPS) is 19.6. The van der Waals surface area contributed by atoms with E-state index in [0.29, 0.717) is 29.9 Å². The molecule has 138 valence electrons. The van der Waals surface area contributed by atoms with Crippen molar-refractivity contribution in [3.8, 4) is 0 Å². The van der Waals surface area contributed by atoms with Crippen LogP contribution in [0.4, 0.5) is 0 Å². The van der Waals surface area contributed by atoms with Crippen molar-refractivity contribution in [2.75, 3.05) is 45.8 Å². The molecular formula is C18H28N4O2S. The van der Waals surface area contributed by atoms with Gasteiger partial charge >= 0.3 is 0 Å². The lowest BCUT2D eigenvalue weighted by molar-refractivity contribution is 0.184. The summed E-state index contributed by atoms with van der Waals surface area (Å²) in [5.74, 6) is 0.999. The van der Waals surface area contributed by atoms with E-state index in [1.807, 2.05) is 12.1 Å². The summed E-state index contributed by atoms with van der Waals surface area (Å²) in [5, 5.41) is 0. The lowest BCUT2D eigenvalue weighted by Gasteiger charge is -2.37. The summed E-state index contributed by atoms with van der Waals surface area (Å²) in [4.78, 5) is 9.33. The molecule has 2 aliphatic rings. The van der Waals surface area contributed by atoms with E-state index in [1.165, 1.54) is 4.31 Å². The molecule has 2 heterocycles. The fourth-order valence-electron chi connectivity index (χ4n) is 3.32. The van der Waals surface area contributed by atoms with Crippen molar-refractivity contribution in [1.82, 2.24) is 14.1 Å². The van der Waals surface area contributed by atoms with Crippen LogP contribution in [-0.4, -0.2) is 74.3 Å². The van der Waals surface area contributed by atoms with Crippen LogP contribution < -0.4 is 0 Å². The second kappa shape index (κ2) is 7.33. The zero-order valence-electron chi connectivity index (χ0n) is 15.4. The van der Waals surface area contributed by atoms with Gasteiger partial charge in [-0.15, -0.1) is 0 Å². The Hall–Kier alpha value is -1.60. The molecule has 0 bridgehead atoms. The molecule has 0 aliphatic carbocycles. The molecule has 0 aromatic heterocycles. The first-order valence-electron chi connectivity index (χ1n) is 9.08. The molecule has 6 nitrogen and oxygen atoms in total. The van der Waals surface area contributed by atoms with Gasteiger partial charge in [-0.2, -0.15) is 0 Å². The van der Waals surface area contributed by atoms with Gasteiger partial charge in [0.1, 0.15) is 0 Å². The first-order chi connectivity index (χ1) is 11.9. The molecule has 1 aromatic carbocycles. The summed E-state index contributed by atoms with van der Waals surface area (Å²) < 4.78 is 27.7. The minimum Gasteiger partial charge on any atom is -0.339 e. The van der Waals surface area contributed by atoms with Gasteiger partial charge in [0.2, 0.25) is 5.96 Å². The number of rotatable bonds is 4. The SMILES string of the molecule is CCN1CCN(C2=NCCN2S(=O)(=O)c2ccc(C(C)C)cc2)CC1. The third kappa shape index (κ3) is 3.67. The van der Waals surface area contributed by atoms with Crippen LogP contribution in [0.2, 0.25) is 0 Å². The highest BCUT2D eigenvalue weighted by molar-refractivity contribution is 7.89. The fourth-order valence-corrected chi connectivity index (χ4v) is 4.77. The highest BCUT2D eigenvalue weighted by Crippen LogP contribution is 2.23. The van der Waals surface area contributed by atoms with Crippen LogP contribution in [0, 0.1) is 0 Å². The Bertz CT molecular complexity index is 720. The molecule has 0 amide bonds. The van der Waals surface area contributed by atoms with Crippen LogP contribution in [0.5, 0.6) is 0 Å². The molecule has 0 spiro atoms. The molecule has 25 heavy (non-hydrogen) atoms. The van der Waals surface area contributed by atoms with E-state index in [9.17, 15) is 8.42 Å². The van der Waals surface area contributed by atoms with E-state index in [1.54, 1.807) is 12.1 Å². The molecule has 2 aliphatic heterocycles. The van der Waals surface area contributed by atoms with Gasteiger partial charge in [-0.3, -0.25) is 4.99 Å². The Balaban J connectivity index is 1.78. The summed E-state index contributed by atoms with van der Waals surface area (Å²) >= 11 is 0. The highest BCUT2D eigenvalue weighted by Gasteiger charge is 2.34. The molecule has 0 saturated carbocycles. The van der Waals surface area contributed by atoms with Crippen LogP contribution in [0.3, 0.4) is 0 Å². The van der Waals surface area contributed by atoms with Crippen molar-refractivity contribution in [2.24, 2.45) is 4.99 Å². The van der Waals surface area contributed by atoms with Crippen molar-refractivity contribution in [3.63, 3.8) is 0 Å². The van der Waals surface area contributed by atoms with E-state index in [0.717, 1.165) is 38.3 Å². The predicted octanol–water partition coefficient (Wildman–Crippen LogP) is 1.81. The largest absolute Gasteiger partial charge is 0.339 e. The molecule has 3 rings (SSSR count). The summed E-state index contributed by atoms with van der Waals surface area (Å²) in [6, 6.07) is 7.25. The highest BCUT2D eigenvalue weighted by atomic mass is 32.2. The molecule has 0 atom stereocenters. The topological polar surface area (TPSA) is 56.2 Å². The first kappa shape index (κ1) is 18.2. The van der Waals surface area contributed by atoms with Gasteiger partial charge in [-0.1, -0.05) is 32.9 Å². The second-order valence-corrected chi connectivity index (χ2v) is 8.77. The van der Waals surface area contributed by atoms with Crippen LogP contribution in [0.25, 0.3) is 0 Å². The molecule has 0 N–H and O–H groups in total. The zero-order valence-corrected chi connectivity index (χ0v) is 16.2.